The van der Waals surface area contributed by atoms with Gasteiger partial charge in [-0.25, -0.2) is 0 Å². The van der Waals surface area contributed by atoms with Gasteiger partial charge in [-0.2, -0.15) is 0 Å². The number of rotatable bonds is 3. The quantitative estimate of drug-likeness (QED) is 0.748. The van der Waals surface area contributed by atoms with Crippen molar-refractivity contribution in [2.75, 3.05) is 19.0 Å². The van der Waals surface area contributed by atoms with E-state index in [2.05, 4.69) is 35.2 Å². The number of benzene rings is 1. The molecule has 2 fully saturated rings. The van der Waals surface area contributed by atoms with E-state index in [1.807, 2.05) is 0 Å². The van der Waals surface area contributed by atoms with Gasteiger partial charge < -0.3 is 0 Å². The molecule has 1 saturated carbocycles. The molecule has 1 spiro atoms. The molecular weight excluding hydrogens is 242 g/mol. The van der Waals surface area contributed by atoms with E-state index in [0.29, 0.717) is 5.41 Å². The Balaban J connectivity index is 1.59. The number of likely N-dealkylation sites (tertiary alicyclic amines) is 1. The number of hydrogen-bond donors (Lipinski definition) is 0. The highest BCUT2D eigenvalue weighted by Crippen LogP contribution is 2.48. The van der Waals surface area contributed by atoms with Crippen LogP contribution >= 0.6 is 11.6 Å². The zero-order valence-electron chi connectivity index (χ0n) is 10.9. The third kappa shape index (κ3) is 2.57. The lowest BCUT2D eigenvalue weighted by atomic mass is 9.85. The van der Waals surface area contributed by atoms with Gasteiger partial charge in [0.15, 0.2) is 0 Å². The van der Waals surface area contributed by atoms with Gasteiger partial charge in [0.2, 0.25) is 0 Å². The summed E-state index contributed by atoms with van der Waals surface area (Å²) in [5.41, 5.74) is 2.05. The van der Waals surface area contributed by atoms with Gasteiger partial charge in [-0.1, -0.05) is 30.3 Å². The van der Waals surface area contributed by atoms with Crippen LogP contribution in [0, 0.1) is 11.3 Å². The van der Waals surface area contributed by atoms with E-state index in [4.69, 9.17) is 11.6 Å². The van der Waals surface area contributed by atoms with E-state index in [0.717, 1.165) is 18.3 Å². The zero-order chi connectivity index (χ0) is 12.4. The van der Waals surface area contributed by atoms with Crippen molar-refractivity contribution in [3.05, 3.63) is 35.9 Å². The molecule has 0 unspecified atom stereocenters. The van der Waals surface area contributed by atoms with Gasteiger partial charge >= 0.3 is 0 Å². The summed E-state index contributed by atoms with van der Waals surface area (Å²) in [4.78, 5) is 2.63. The van der Waals surface area contributed by atoms with E-state index in [1.165, 1.54) is 44.3 Å². The molecule has 1 aromatic rings. The lowest BCUT2D eigenvalue weighted by Crippen LogP contribution is -2.25. The fourth-order valence-electron chi connectivity index (χ4n) is 3.83. The molecule has 1 aliphatic heterocycles. The van der Waals surface area contributed by atoms with Crippen molar-refractivity contribution in [2.45, 2.75) is 32.2 Å². The molecular formula is C16H22ClN. The standard InChI is InChI=1S/C16H22ClN/c17-11-15-6-7-16(10-15)8-9-18(13-16)12-14-4-2-1-3-5-14/h1-5,15H,6-13H2/t15-,16+/m1/s1. The van der Waals surface area contributed by atoms with Crippen molar-refractivity contribution in [2.24, 2.45) is 11.3 Å². The Morgan fingerprint density at radius 2 is 2.06 bits per heavy atom. The maximum atomic E-state index is 6.02. The van der Waals surface area contributed by atoms with Crippen LogP contribution in [0.4, 0.5) is 0 Å². The Labute approximate surface area is 115 Å². The molecule has 0 amide bonds. The van der Waals surface area contributed by atoms with E-state index in [9.17, 15) is 0 Å². The topological polar surface area (TPSA) is 3.24 Å². The second-order valence-electron chi connectivity index (χ2n) is 6.21. The van der Waals surface area contributed by atoms with Gasteiger partial charge in [0.25, 0.3) is 0 Å². The van der Waals surface area contributed by atoms with Gasteiger partial charge in [-0.05, 0) is 49.1 Å². The molecule has 0 N–H and O–H groups in total. The van der Waals surface area contributed by atoms with Crippen LogP contribution in [0.2, 0.25) is 0 Å². The Hall–Kier alpha value is -0.530. The molecule has 3 rings (SSSR count). The van der Waals surface area contributed by atoms with Crippen molar-refractivity contribution < 1.29 is 0 Å². The fraction of sp³-hybridized carbons (Fsp3) is 0.625. The van der Waals surface area contributed by atoms with Crippen molar-refractivity contribution in [1.82, 2.24) is 4.90 Å². The predicted molar refractivity (Wildman–Crippen MR) is 76.8 cm³/mol. The summed E-state index contributed by atoms with van der Waals surface area (Å²) in [7, 11) is 0. The minimum Gasteiger partial charge on any atom is -0.299 e. The minimum atomic E-state index is 0.605. The van der Waals surface area contributed by atoms with Crippen LogP contribution in [0.25, 0.3) is 0 Å². The molecule has 98 valence electrons. The Morgan fingerprint density at radius 1 is 1.22 bits per heavy atom. The minimum absolute atomic E-state index is 0.605. The summed E-state index contributed by atoms with van der Waals surface area (Å²) in [6, 6.07) is 10.8. The largest absolute Gasteiger partial charge is 0.299 e. The highest BCUT2D eigenvalue weighted by atomic mass is 35.5. The first-order chi connectivity index (χ1) is 8.80. The van der Waals surface area contributed by atoms with Crippen LogP contribution < -0.4 is 0 Å². The lowest BCUT2D eigenvalue weighted by Gasteiger charge is -2.24. The molecule has 1 aromatic carbocycles. The molecule has 2 heteroatoms. The maximum absolute atomic E-state index is 6.02. The van der Waals surface area contributed by atoms with Crippen LogP contribution in [0.5, 0.6) is 0 Å². The molecule has 1 saturated heterocycles. The van der Waals surface area contributed by atoms with E-state index >= 15 is 0 Å². The fourth-order valence-corrected chi connectivity index (χ4v) is 4.10. The Morgan fingerprint density at radius 3 is 2.78 bits per heavy atom. The van der Waals surface area contributed by atoms with E-state index in [1.54, 1.807) is 0 Å². The number of alkyl halides is 1. The summed E-state index contributed by atoms with van der Waals surface area (Å²) < 4.78 is 0. The zero-order valence-corrected chi connectivity index (χ0v) is 11.7. The van der Waals surface area contributed by atoms with E-state index < -0.39 is 0 Å². The highest BCUT2D eigenvalue weighted by Gasteiger charge is 2.43. The summed E-state index contributed by atoms with van der Waals surface area (Å²) in [6.45, 7) is 3.67. The third-order valence-corrected chi connectivity index (χ3v) is 5.23. The molecule has 1 aliphatic carbocycles. The molecule has 2 atom stereocenters. The normalized spacial score (nSPS) is 32.4. The molecule has 1 heterocycles. The summed E-state index contributed by atoms with van der Waals surface area (Å²) in [5, 5.41) is 0. The number of nitrogens with zero attached hydrogens (tertiary/aromatic N) is 1. The summed E-state index contributed by atoms with van der Waals surface area (Å²) in [6.07, 6.45) is 5.49. The van der Waals surface area contributed by atoms with Crippen LogP contribution in [-0.2, 0) is 6.54 Å². The van der Waals surface area contributed by atoms with Crippen LogP contribution in [0.1, 0.15) is 31.2 Å². The second-order valence-corrected chi connectivity index (χ2v) is 6.52. The second kappa shape index (κ2) is 5.22. The first-order valence-electron chi connectivity index (χ1n) is 7.12. The summed E-state index contributed by atoms with van der Waals surface area (Å²) in [5.74, 6) is 1.64. The first kappa shape index (κ1) is 12.5. The average molecular weight is 264 g/mol. The molecule has 18 heavy (non-hydrogen) atoms. The smallest absolute Gasteiger partial charge is 0.0251 e. The van der Waals surface area contributed by atoms with Crippen molar-refractivity contribution in [1.29, 1.82) is 0 Å². The molecule has 1 nitrogen and oxygen atoms in total. The molecule has 2 aliphatic rings. The van der Waals surface area contributed by atoms with Gasteiger partial charge in [0, 0.05) is 19.0 Å². The third-order valence-electron chi connectivity index (χ3n) is 4.79. The molecule has 0 radical (unpaired) electrons. The van der Waals surface area contributed by atoms with Gasteiger partial charge in [-0.15, -0.1) is 11.6 Å². The van der Waals surface area contributed by atoms with Gasteiger partial charge in [-0.3, -0.25) is 4.90 Å². The highest BCUT2D eigenvalue weighted by molar-refractivity contribution is 6.18. The molecule has 0 bridgehead atoms. The maximum Gasteiger partial charge on any atom is 0.0251 e. The number of hydrogen-bond acceptors (Lipinski definition) is 1. The Kier molecular flexibility index (Phi) is 3.63. The van der Waals surface area contributed by atoms with Gasteiger partial charge in [0.1, 0.15) is 0 Å². The predicted octanol–water partition coefficient (Wildman–Crippen LogP) is 3.92. The Bertz CT molecular complexity index is 391. The summed E-state index contributed by atoms with van der Waals surface area (Å²) >= 11 is 6.02. The monoisotopic (exact) mass is 263 g/mol. The van der Waals surface area contributed by atoms with Crippen molar-refractivity contribution in [3.63, 3.8) is 0 Å². The van der Waals surface area contributed by atoms with Crippen LogP contribution in [-0.4, -0.2) is 23.9 Å². The van der Waals surface area contributed by atoms with Crippen molar-refractivity contribution >= 4 is 11.6 Å². The lowest BCUT2D eigenvalue weighted by molar-refractivity contribution is 0.251. The number of halogens is 1. The average Bonchev–Trinajstić information content (AvgIpc) is 2.99. The van der Waals surface area contributed by atoms with Crippen molar-refractivity contribution in [3.8, 4) is 0 Å². The van der Waals surface area contributed by atoms with Crippen LogP contribution in [0.15, 0.2) is 30.3 Å². The van der Waals surface area contributed by atoms with Gasteiger partial charge in [0.05, 0.1) is 0 Å². The molecule has 0 aromatic heterocycles. The SMILES string of the molecule is ClC[C@@H]1CC[C@]2(CCN(Cc3ccccc3)C2)C1. The van der Waals surface area contributed by atoms with E-state index in [-0.39, 0.29) is 0 Å². The van der Waals surface area contributed by atoms with Crippen LogP contribution in [0.3, 0.4) is 0 Å². The first-order valence-corrected chi connectivity index (χ1v) is 7.65.